The molecule has 1 N–H and O–H groups in total. The lowest BCUT2D eigenvalue weighted by atomic mass is 10.2. The molecule has 0 unspecified atom stereocenters. The number of anilines is 1. The van der Waals surface area contributed by atoms with Crippen molar-refractivity contribution in [2.75, 3.05) is 12.4 Å². The van der Waals surface area contributed by atoms with Crippen molar-refractivity contribution in [1.29, 1.82) is 0 Å². The van der Waals surface area contributed by atoms with Crippen LogP contribution >= 0.6 is 11.6 Å². The van der Waals surface area contributed by atoms with Crippen molar-refractivity contribution in [2.45, 2.75) is 26.6 Å². The van der Waals surface area contributed by atoms with Crippen molar-refractivity contribution >= 4 is 29.2 Å². The fourth-order valence-electron chi connectivity index (χ4n) is 2.25. The zero-order valence-corrected chi connectivity index (χ0v) is 16.0. The Morgan fingerprint density at radius 1 is 1.14 bits per heavy atom. The van der Waals surface area contributed by atoms with Crippen molar-refractivity contribution < 1.29 is 32.6 Å². The van der Waals surface area contributed by atoms with Crippen LogP contribution in [0.15, 0.2) is 36.4 Å². The molecule has 0 saturated heterocycles. The molecule has 0 aliphatic carbocycles. The van der Waals surface area contributed by atoms with Gasteiger partial charge in [0.05, 0.1) is 12.7 Å². The van der Waals surface area contributed by atoms with Crippen LogP contribution in [0.3, 0.4) is 0 Å². The third-order valence-corrected chi connectivity index (χ3v) is 4.20. The maximum absolute atomic E-state index is 12.4. The van der Waals surface area contributed by atoms with Crippen LogP contribution in [0.2, 0.25) is 5.02 Å². The molecule has 0 radical (unpaired) electrons. The van der Waals surface area contributed by atoms with Crippen LogP contribution in [0.1, 0.15) is 22.8 Å². The summed E-state index contributed by atoms with van der Waals surface area (Å²) in [6.07, 6.45) is -1.12. The second-order valence-electron chi connectivity index (χ2n) is 5.69. The third kappa shape index (κ3) is 5.32. The first-order valence-electron chi connectivity index (χ1n) is 8.12. The van der Waals surface area contributed by atoms with Gasteiger partial charge in [-0.1, -0.05) is 17.7 Å². The number of nitrogens with one attached hydrogen (secondary N) is 1. The van der Waals surface area contributed by atoms with Gasteiger partial charge in [0.1, 0.15) is 0 Å². The van der Waals surface area contributed by atoms with Crippen LogP contribution in [-0.4, -0.2) is 31.7 Å². The van der Waals surface area contributed by atoms with E-state index in [-0.39, 0.29) is 17.1 Å². The predicted octanol–water partition coefficient (Wildman–Crippen LogP) is 4.44. The van der Waals surface area contributed by atoms with Crippen LogP contribution in [0.4, 0.5) is 14.5 Å². The number of esters is 1. The van der Waals surface area contributed by atoms with Gasteiger partial charge in [-0.3, -0.25) is 4.79 Å². The zero-order chi connectivity index (χ0) is 20.8. The lowest BCUT2D eigenvalue weighted by Crippen LogP contribution is -2.30. The largest absolute Gasteiger partial charge is 0.493 e. The van der Waals surface area contributed by atoms with Gasteiger partial charge < -0.3 is 19.5 Å². The first-order valence-corrected chi connectivity index (χ1v) is 8.50. The minimum Gasteiger partial charge on any atom is -0.493 e. The third-order valence-electron chi connectivity index (χ3n) is 3.79. The fourth-order valence-corrected chi connectivity index (χ4v) is 2.42. The Hall–Kier alpha value is -2.87. The molecule has 6 nitrogen and oxygen atoms in total. The van der Waals surface area contributed by atoms with Gasteiger partial charge in [0, 0.05) is 10.7 Å². The molecule has 0 aromatic heterocycles. The lowest BCUT2D eigenvalue weighted by Gasteiger charge is -2.16. The van der Waals surface area contributed by atoms with Crippen molar-refractivity contribution in [3.63, 3.8) is 0 Å². The average Bonchev–Trinajstić information content (AvgIpc) is 2.65. The number of carbonyl (C=O) groups is 2. The van der Waals surface area contributed by atoms with E-state index in [2.05, 4.69) is 10.1 Å². The molecular formula is C19H18ClF2NO5. The highest BCUT2D eigenvalue weighted by atomic mass is 35.5. The number of ether oxygens (including phenoxy) is 3. The molecule has 1 amide bonds. The number of benzene rings is 2. The fraction of sp³-hybridized carbons (Fsp3) is 0.263. The molecule has 0 heterocycles. The molecular weight excluding hydrogens is 396 g/mol. The molecule has 0 fully saturated rings. The number of amides is 1. The molecule has 0 saturated carbocycles. The van der Waals surface area contributed by atoms with E-state index in [0.717, 1.165) is 6.07 Å². The monoisotopic (exact) mass is 413 g/mol. The Morgan fingerprint density at radius 3 is 2.50 bits per heavy atom. The number of carbonyl (C=O) groups excluding carboxylic acids is 2. The number of methoxy groups -OCH3 is 1. The van der Waals surface area contributed by atoms with Gasteiger partial charge in [-0.25, -0.2) is 4.79 Å². The van der Waals surface area contributed by atoms with Gasteiger partial charge in [0.25, 0.3) is 5.91 Å². The van der Waals surface area contributed by atoms with E-state index in [4.69, 9.17) is 21.1 Å². The first kappa shape index (κ1) is 21.4. The molecule has 2 aromatic rings. The molecule has 0 spiro atoms. The van der Waals surface area contributed by atoms with Gasteiger partial charge in [-0.15, -0.1) is 0 Å². The van der Waals surface area contributed by atoms with E-state index in [1.54, 1.807) is 25.1 Å². The van der Waals surface area contributed by atoms with Gasteiger partial charge in [-0.05, 0) is 49.7 Å². The van der Waals surface area contributed by atoms with Crippen molar-refractivity contribution in [1.82, 2.24) is 0 Å². The summed E-state index contributed by atoms with van der Waals surface area (Å²) in [5.74, 6) is -1.67. The normalized spacial score (nSPS) is 11.7. The Morgan fingerprint density at radius 2 is 1.86 bits per heavy atom. The molecule has 28 heavy (non-hydrogen) atoms. The van der Waals surface area contributed by atoms with Gasteiger partial charge in [0.15, 0.2) is 17.6 Å². The summed E-state index contributed by atoms with van der Waals surface area (Å²) in [6, 6.07) is 8.60. The minimum atomic E-state index is -3.04. The number of hydrogen-bond donors (Lipinski definition) is 1. The molecule has 0 aliphatic rings. The molecule has 0 aliphatic heterocycles. The van der Waals surface area contributed by atoms with E-state index in [1.807, 2.05) is 0 Å². The summed E-state index contributed by atoms with van der Waals surface area (Å²) < 4.78 is 39.1. The average molecular weight is 414 g/mol. The summed E-state index contributed by atoms with van der Waals surface area (Å²) in [4.78, 5) is 24.5. The van der Waals surface area contributed by atoms with Crippen LogP contribution in [0.25, 0.3) is 0 Å². The van der Waals surface area contributed by atoms with Crippen LogP contribution < -0.4 is 14.8 Å². The van der Waals surface area contributed by atoms with Gasteiger partial charge >= 0.3 is 12.6 Å². The number of rotatable bonds is 7. The Balaban J connectivity index is 2.07. The van der Waals surface area contributed by atoms with Gasteiger partial charge in [-0.2, -0.15) is 8.78 Å². The van der Waals surface area contributed by atoms with Crippen molar-refractivity contribution in [2.24, 2.45) is 0 Å². The molecule has 1 atom stereocenters. The number of halogens is 3. The lowest BCUT2D eigenvalue weighted by molar-refractivity contribution is -0.123. The molecule has 2 aromatic carbocycles. The summed E-state index contributed by atoms with van der Waals surface area (Å²) in [7, 11) is 1.24. The first-order chi connectivity index (χ1) is 13.2. The molecule has 9 heteroatoms. The topological polar surface area (TPSA) is 73.9 Å². The van der Waals surface area contributed by atoms with E-state index in [0.29, 0.717) is 16.3 Å². The second kappa shape index (κ2) is 9.36. The smallest absolute Gasteiger partial charge is 0.387 e. The summed E-state index contributed by atoms with van der Waals surface area (Å²) >= 11 is 6.01. The number of alkyl halides is 2. The number of hydrogen-bond acceptors (Lipinski definition) is 5. The predicted molar refractivity (Wildman–Crippen MR) is 99.3 cm³/mol. The summed E-state index contributed by atoms with van der Waals surface area (Å²) in [6.45, 7) is 0.105. The standard InChI is InChI=1S/C19H18ClF2NO5/c1-10-13(20)5-4-6-14(10)23-17(24)11(2)27-18(25)12-7-8-15(28-19(21)22)16(9-12)26-3/h4-9,11,19H,1-3H3,(H,23,24)/t11-/m1/s1. The summed E-state index contributed by atoms with van der Waals surface area (Å²) in [5.41, 5.74) is 1.18. The van der Waals surface area contributed by atoms with E-state index in [9.17, 15) is 18.4 Å². The van der Waals surface area contributed by atoms with Gasteiger partial charge in [0.2, 0.25) is 0 Å². The van der Waals surface area contributed by atoms with Crippen molar-refractivity contribution in [3.8, 4) is 11.5 Å². The Kier molecular flexibility index (Phi) is 7.17. The van der Waals surface area contributed by atoms with Crippen molar-refractivity contribution in [3.05, 3.63) is 52.5 Å². The highest BCUT2D eigenvalue weighted by molar-refractivity contribution is 6.31. The highest BCUT2D eigenvalue weighted by Crippen LogP contribution is 2.30. The van der Waals surface area contributed by atoms with E-state index < -0.39 is 24.6 Å². The SMILES string of the molecule is COc1cc(C(=O)O[C@H](C)C(=O)Nc2cccc(Cl)c2C)ccc1OC(F)F. The minimum absolute atomic E-state index is 0.0112. The molecule has 2 rings (SSSR count). The maximum atomic E-state index is 12.4. The van der Waals surface area contributed by atoms with Crippen LogP contribution in [0.5, 0.6) is 11.5 Å². The highest BCUT2D eigenvalue weighted by Gasteiger charge is 2.21. The zero-order valence-electron chi connectivity index (χ0n) is 15.3. The maximum Gasteiger partial charge on any atom is 0.387 e. The Bertz CT molecular complexity index is 875. The Labute approximate surface area is 165 Å². The quantitative estimate of drug-likeness (QED) is 0.679. The van der Waals surface area contributed by atoms with Crippen LogP contribution in [0, 0.1) is 6.92 Å². The molecule has 150 valence electrons. The van der Waals surface area contributed by atoms with E-state index in [1.165, 1.54) is 26.2 Å². The van der Waals surface area contributed by atoms with E-state index >= 15 is 0 Å². The van der Waals surface area contributed by atoms with Crippen LogP contribution in [-0.2, 0) is 9.53 Å². The molecule has 0 bridgehead atoms. The second-order valence-corrected chi connectivity index (χ2v) is 6.10. The summed E-state index contributed by atoms with van der Waals surface area (Å²) in [5, 5.41) is 3.12.